The van der Waals surface area contributed by atoms with E-state index in [4.69, 9.17) is 11.6 Å². The van der Waals surface area contributed by atoms with Crippen LogP contribution >= 0.6 is 11.6 Å². The van der Waals surface area contributed by atoms with Gasteiger partial charge >= 0.3 is 0 Å². The molecule has 1 N–H and O–H groups in total. The minimum Gasteiger partial charge on any atom is -0.377 e. The molecule has 3 rings (SSSR count). The normalized spacial score (nSPS) is 13.4. The second kappa shape index (κ2) is 7.39. The van der Waals surface area contributed by atoms with Crippen LogP contribution in [0.2, 0.25) is 5.02 Å². The second-order valence-electron chi connectivity index (χ2n) is 6.75. The molecule has 8 heteroatoms. The number of hydrogen-bond donors (Lipinski definition) is 1. The number of halogens is 1. The lowest BCUT2D eigenvalue weighted by Gasteiger charge is -2.20. The van der Waals surface area contributed by atoms with E-state index in [1.807, 2.05) is 43.3 Å². The molecule has 1 unspecified atom stereocenters. The molecule has 0 amide bonds. The minimum absolute atomic E-state index is 0.0388. The maximum atomic E-state index is 12.3. The van der Waals surface area contributed by atoms with Crippen LogP contribution in [0.1, 0.15) is 18.5 Å². The number of hydrogen-bond acceptors (Lipinski definition) is 5. The molecule has 3 aromatic rings. The molecule has 0 aromatic heterocycles. The summed E-state index contributed by atoms with van der Waals surface area (Å²) in [4.78, 5) is -0.0939. The molecule has 0 heterocycles. The largest absolute Gasteiger partial charge is 0.377 e. The van der Waals surface area contributed by atoms with E-state index in [0.717, 1.165) is 28.8 Å². The topological polar surface area (TPSA) is 80.3 Å². The van der Waals surface area contributed by atoms with Crippen molar-refractivity contribution >= 4 is 47.7 Å². The van der Waals surface area contributed by atoms with Gasteiger partial charge in [0.15, 0.2) is 19.7 Å². The van der Waals surface area contributed by atoms with Crippen molar-refractivity contribution in [3.05, 3.63) is 65.2 Å². The predicted molar refractivity (Wildman–Crippen MR) is 114 cm³/mol. The fraction of sp³-hybridized carbons (Fsp3) is 0.200. The molecule has 0 fully saturated rings. The van der Waals surface area contributed by atoms with E-state index >= 15 is 0 Å². The van der Waals surface area contributed by atoms with Crippen LogP contribution in [0.5, 0.6) is 0 Å². The molecule has 0 aliphatic rings. The molecule has 0 radical (unpaired) electrons. The van der Waals surface area contributed by atoms with Crippen molar-refractivity contribution in [3.63, 3.8) is 0 Å². The minimum atomic E-state index is -3.64. The number of sulfone groups is 2. The fourth-order valence-corrected chi connectivity index (χ4v) is 4.95. The highest BCUT2D eigenvalue weighted by atomic mass is 35.5. The van der Waals surface area contributed by atoms with Crippen molar-refractivity contribution in [2.45, 2.75) is 22.8 Å². The average molecular weight is 438 g/mol. The molecule has 5 nitrogen and oxygen atoms in total. The van der Waals surface area contributed by atoms with Gasteiger partial charge in [0.2, 0.25) is 0 Å². The molecule has 0 saturated carbocycles. The van der Waals surface area contributed by atoms with Crippen LogP contribution in [-0.2, 0) is 19.7 Å². The fourth-order valence-electron chi connectivity index (χ4n) is 3.13. The number of rotatable bonds is 5. The summed E-state index contributed by atoms with van der Waals surface area (Å²) in [6, 6.07) is 15.2. The number of benzene rings is 3. The highest BCUT2D eigenvalue weighted by Crippen LogP contribution is 2.33. The Labute approximate surface area is 170 Å². The molecule has 28 heavy (non-hydrogen) atoms. The van der Waals surface area contributed by atoms with Crippen molar-refractivity contribution in [1.82, 2.24) is 0 Å². The number of fused-ring (bicyclic) bond motifs is 1. The Hall–Kier alpha value is -2.09. The van der Waals surface area contributed by atoms with Crippen molar-refractivity contribution < 1.29 is 16.8 Å². The molecule has 0 spiro atoms. The molecule has 0 bridgehead atoms. The third-order valence-corrected chi connectivity index (χ3v) is 7.10. The Kier molecular flexibility index (Phi) is 5.44. The summed E-state index contributed by atoms with van der Waals surface area (Å²) < 4.78 is 48.1. The van der Waals surface area contributed by atoms with Gasteiger partial charge in [0.05, 0.1) is 15.5 Å². The van der Waals surface area contributed by atoms with Gasteiger partial charge in [-0.3, -0.25) is 0 Å². The zero-order chi connectivity index (χ0) is 20.7. The summed E-state index contributed by atoms with van der Waals surface area (Å²) in [6.07, 6.45) is 2.10. The summed E-state index contributed by atoms with van der Waals surface area (Å²) in [7, 11) is -7.16. The van der Waals surface area contributed by atoms with Gasteiger partial charge in [-0.15, -0.1) is 0 Å². The summed E-state index contributed by atoms with van der Waals surface area (Å²) in [5.41, 5.74) is 1.30. The SMILES string of the molecule is CC(Nc1ccc(S(C)(=O)=O)cc1S(C)(=O)=O)c1ccc(Cl)c2ccccc12. The van der Waals surface area contributed by atoms with Gasteiger partial charge in [-0.2, -0.15) is 0 Å². The van der Waals surface area contributed by atoms with Crippen LogP contribution < -0.4 is 5.32 Å². The van der Waals surface area contributed by atoms with Crippen LogP contribution in [0.3, 0.4) is 0 Å². The third-order valence-electron chi connectivity index (χ3n) is 4.52. The van der Waals surface area contributed by atoms with Crippen molar-refractivity contribution in [3.8, 4) is 0 Å². The molecule has 1 atom stereocenters. The van der Waals surface area contributed by atoms with E-state index in [2.05, 4.69) is 5.32 Å². The smallest absolute Gasteiger partial charge is 0.177 e. The van der Waals surface area contributed by atoms with Gasteiger partial charge in [0.1, 0.15) is 0 Å². The molecule has 0 aliphatic carbocycles. The first kappa shape index (κ1) is 20.6. The van der Waals surface area contributed by atoms with Crippen LogP contribution in [0.25, 0.3) is 10.8 Å². The lowest BCUT2D eigenvalue weighted by Crippen LogP contribution is -2.12. The van der Waals surface area contributed by atoms with Crippen LogP contribution in [0.4, 0.5) is 5.69 Å². The zero-order valence-corrected chi connectivity index (χ0v) is 18.0. The van der Waals surface area contributed by atoms with Gasteiger partial charge in [0.25, 0.3) is 0 Å². The Morgan fingerprint density at radius 1 is 0.857 bits per heavy atom. The quantitative estimate of drug-likeness (QED) is 0.636. The molecule has 0 aliphatic heterocycles. The molecular formula is C20H20ClNO4S2. The van der Waals surface area contributed by atoms with Gasteiger partial charge in [-0.05, 0) is 42.1 Å². The summed E-state index contributed by atoms with van der Waals surface area (Å²) in [5.74, 6) is 0. The standard InChI is InChI=1S/C20H20ClNO4S2/c1-13(15-9-10-18(21)17-7-5-4-6-16(15)17)22-19-11-8-14(27(2,23)24)12-20(19)28(3,25)26/h4-13,22H,1-3H3. The average Bonchev–Trinajstić information content (AvgIpc) is 2.60. The Bertz CT molecular complexity index is 1270. The summed E-state index contributed by atoms with van der Waals surface area (Å²) in [6.45, 7) is 1.91. The van der Waals surface area contributed by atoms with Gasteiger partial charge < -0.3 is 5.32 Å². The first-order chi connectivity index (χ1) is 13.0. The number of anilines is 1. The van der Waals surface area contributed by atoms with Gasteiger partial charge in [-0.25, -0.2) is 16.8 Å². The first-order valence-electron chi connectivity index (χ1n) is 8.46. The molecular weight excluding hydrogens is 418 g/mol. The third kappa shape index (κ3) is 4.16. The molecule has 3 aromatic carbocycles. The van der Waals surface area contributed by atoms with Crippen LogP contribution in [0, 0.1) is 0 Å². The van der Waals surface area contributed by atoms with E-state index in [-0.39, 0.29) is 15.8 Å². The molecule has 148 valence electrons. The highest BCUT2D eigenvalue weighted by molar-refractivity contribution is 7.91. The van der Waals surface area contributed by atoms with Gasteiger partial charge in [0, 0.05) is 29.0 Å². The van der Waals surface area contributed by atoms with E-state index in [9.17, 15) is 16.8 Å². The van der Waals surface area contributed by atoms with Crippen molar-refractivity contribution in [2.24, 2.45) is 0 Å². The van der Waals surface area contributed by atoms with Crippen LogP contribution in [0.15, 0.2) is 64.4 Å². The van der Waals surface area contributed by atoms with Crippen molar-refractivity contribution in [2.75, 3.05) is 17.8 Å². The van der Waals surface area contributed by atoms with E-state index in [1.54, 1.807) is 0 Å². The number of nitrogens with one attached hydrogen (secondary N) is 1. The lowest BCUT2D eigenvalue weighted by atomic mass is 9.99. The second-order valence-corrected chi connectivity index (χ2v) is 11.2. The van der Waals surface area contributed by atoms with E-state index < -0.39 is 19.7 Å². The predicted octanol–water partition coefficient (Wildman–Crippen LogP) is 4.47. The Balaban J connectivity index is 2.08. The first-order valence-corrected chi connectivity index (χ1v) is 12.6. The maximum absolute atomic E-state index is 12.3. The highest BCUT2D eigenvalue weighted by Gasteiger charge is 2.20. The van der Waals surface area contributed by atoms with Crippen LogP contribution in [-0.4, -0.2) is 29.3 Å². The van der Waals surface area contributed by atoms with E-state index in [0.29, 0.717) is 10.7 Å². The molecule has 0 saturated heterocycles. The Morgan fingerprint density at radius 2 is 1.50 bits per heavy atom. The van der Waals surface area contributed by atoms with Gasteiger partial charge in [-0.1, -0.05) is 41.9 Å². The zero-order valence-electron chi connectivity index (χ0n) is 15.6. The summed E-state index contributed by atoms with van der Waals surface area (Å²) >= 11 is 6.28. The Morgan fingerprint density at radius 3 is 2.11 bits per heavy atom. The van der Waals surface area contributed by atoms with Crippen molar-refractivity contribution in [1.29, 1.82) is 0 Å². The van der Waals surface area contributed by atoms with E-state index in [1.165, 1.54) is 18.2 Å². The monoisotopic (exact) mass is 437 g/mol. The summed E-state index contributed by atoms with van der Waals surface area (Å²) in [5, 5.41) is 5.72. The maximum Gasteiger partial charge on any atom is 0.177 e. The lowest BCUT2D eigenvalue weighted by molar-refractivity contribution is 0.600.